The molecule has 0 bridgehead atoms. The summed E-state index contributed by atoms with van der Waals surface area (Å²) in [5.41, 5.74) is 2.17. The van der Waals surface area contributed by atoms with Crippen LogP contribution in [0, 0.1) is 6.92 Å². The first-order chi connectivity index (χ1) is 14.9. The van der Waals surface area contributed by atoms with Gasteiger partial charge in [0.2, 0.25) is 5.91 Å². The Balaban J connectivity index is 1.77. The number of rotatable bonds is 8. The first-order valence-electron chi connectivity index (χ1n) is 9.45. The Morgan fingerprint density at radius 2 is 2.00 bits per heavy atom. The molecule has 0 atom stereocenters. The van der Waals surface area contributed by atoms with Crippen LogP contribution in [0.3, 0.4) is 0 Å². The average Bonchev–Trinajstić information content (AvgIpc) is 3.00. The standard InChI is InChI=1S/C23H22N2O5S/c1-4-11-30-21-16(8-6-10-18(21)29-3)13-19-22(27)25(23(28)31-19)14-20(26)24-17-9-5-7-15(2)12-17/h4-10,12-13H,1,11,14H2,2-3H3,(H,24,26)/b19-13-. The van der Waals surface area contributed by atoms with Crippen molar-refractivity contribution in [3.8, 4) is 11.5 Å². The number of nitrogens with zero attached hydrogens (tertiary/aromatic N) is 1. The van der Waals surface area contributed by atoms with Gasteiger partial charge < -0.3 is 14.8 Å². The molecule has 0 saturated carbocycles. The highest BCUT2D eigenvalue weighted by atomic mass is 32.2. The van der Waals surface area contributed by atoms with Crippen LogP contribution in [0.5, 0.6) is 11.5 Å². The van der Waals surface area contributed by atoms with Crippen molar-refractivity contribution in [2.75, 3.05) is 25.6 Å². The van der Waals surface area contributed by atoms with E-state index in [4.69, 9.17) is 9.47 Å². The molecule has 3 amide bonds. The van der Waals surface area contributed by atoms with Gasteiger partial charge in [-0.3, -0.25) is 19.3 Å². The van der Waals surface area contributed by atoms with Crippen LogP contribution < -0.4 is 14.8 Å². The van der Waals surface area contributed by atoms with Crippen LogP contribution in [0.4, 0.5) is 10.5 Å². The molecule has 1 heterocycles. The van der Waals surface area contributed by atoms with Crippen molar-refractivity contribution in [3.05, 3.63) is 71.2 Å². The SMILES string of the molecule is C=CCOc1c(/C=C2\SC(=O)N(CC(=O)Nc3cccc(C)c3)C2=O)cccc1OC. The number of amides is 3. The van der Waals surface area contributed by atoms with E-state index in [1.807, 2.05) is 19.1 Å². The van der Waals surface area contributed by atoms with Gasteiger partial charge in [0.05, 0.1) is 12.0 Å². The second-order valence-electron chi connectivity index (χ2n) is 6.66. The minimum Gasteiger partial charge on any atom is -0.493 e. The first-order valence-corrected chi connectivity index (χ1v) is 10.3. The monoisotopic (exact) mass is 438 g/mol. The fraction of sp³-hybridized carbons (Fsp3) is 0.174. The summed E-state index contributed by atoms with van der Waals surface area (Å²) in [5.74, 6) is -0.0568. The highest BCUT2D eigenvalue weighted by Gasteiger charge is 2.36. The molecule has 1 aliphatic rings. The topological polar surface area (TPSA) is 84.9 Å². The Morgan fingerprint density at radius 1 is 1.23 bits per heavy atom. The third-order valence-electron chi connectivity index (χ3n) is 4.34. The van der Waals surface area contributed by atoms with Crippen molar-refractivity contribution >= 4 is 40.6 Å². The molecule has 1 aliphatic heterocycles. The lowest BCUT2D eigenvalue weighted by atomic mass is 10.1. The van der Waals surface area contributed by atoms with Crippen LogP contribution in [0.25, 0.3) is 6.08 Å². The molecular formula is C23H22N2O5S. The second kappa shape index (κ2) is 9.99. The molecule has 3 rings (SSSR count). The first kappa shape index (κ1) is 22.2. The van der Waals surface area contributed by atoms with Crippen LogP contribution in [-0.4, -0.2) is 42.2 Å². The fourth-order valence-corrected chi connectivity index (χ4v) is 3.78. The molecule has 0 unspecified atom stereocenters. The Hall–Kier alpha value is -3.52. The van der Waals surface area contributed by atoms with Crippen LogP contribution in [0.15, 0.2) is 60.0 Å². The third-order valence-corrected chi connectivity index (χ3v) is 5.25. The highest BCUT2D eigenvalue weighted by molar-refractivity contribution is 8.18. The maximum absolute atomic E-state index is 12.8. The van der Waals surface area contributed by atoms with E-state index in [2.05, 4.69) is 11.9 Å². The van der Waals surface area contributed by atoms with Crippen LogP contribution in [-0.2, 0) is 9.59 Å². The molecule has 1 saturated heterocycles. The summed E-state index contributed by atoms with van der Waals surface area (Å²) in [6, 6.07) is 12.5. The summed E-state index contributed by atoms with van der Waals surface area (Å²) in [6.45, 7) is 5.42. The minimum absolute atomic E-state index is 0.199. The lowest BCUT2D eigenvalue weighted by Gasteiger charge is -2.13. The second-order valence-corrected chi connectivity index (χ2v) is 7.66. The van der Waals surface area contributed by atoms with E-state index >= 15 is 0 Å². The van der Waals surface area contributed by atoms with Gasteiger partial charge in [0.1, 0.15) is 13.2 Å². The van der Waals surface area contributed by atoms with Gasteiger partial charge in [0.15, 0.2) is 11.5 Å². The van der Waals surface area contributed by atoms with E-state index in [0.717, 1.165) is 22.2 Å². The summed E-state index contributed by atoms with van der Waals surface area (Å²) in [5, 5.41) is 2.20. The van der Waals surface area contributed by atoms with Crippen molar-refractivity contribution in [2.45, 2.75) is 6.92 Å². The Bertz CT molecular complexity index is 1060. The van der Waals surface area contributed by atoms with Crippen molar-refractivity contribution in [1.29, 1.82) is 0 Å². The number of carbonyl (C=O) groups excluding carboxylic acids is 3. The quantitative estimate of drug-likeness (QED) is 0.490. The molecule has 0 aliphatic carbocycles. The molecule has 2 aromatic carbocycles. The van der Waals surface area contributed by atoms with Gasteiger partial charge in [-0.2, -0.15) is 0 Å². The lowest BCUT2D eigenvalue weighted by molar-refractivity contribution is -0.127. The average molecular weight is 439 g/mol. The number of methoxy groups -OCH3 is 1. The molecule has 160 valence electrons. The van der Waals surface area contributed by atoms with E-state index in [1.165, 1.54) is 7.11 Å². The van der Waals surface area contributed by atoms with E-state index in [1.54, 1.807) is 42.5 Å². The molecule has 7 nitrogen and oxygen atoms in total. The van der Waals surface area contributed by atoms with E-state index < -0.39 is 17.1 Å². The van der Waals surface area contributed by atoms with E-state index in [9.17, 15) is 14.4 Å². The number of benzene rings is 2. The Labute approximate surface area is 184 Å². The summed E-state index contributed by atoms with van der Waals surface area (Å²) in [7, 11) is 1.51. The highest BCUT2D eigenvalue weighted by Crippen LogP contribution is 2.37. The summed E-state index contributed by atoms with van der Waals surface area (Å²) >= 11 is 0.775. The van der Waals surface area contributed by atoms with Gasteiger partial charge in [-0.05, 0) is 48.5 Å². The van der Waals surface area contributed by atoms with Gasteiger partial charge >= 0.3 is 0 Å². The number of anilines is 1. The lowest BCUT2D eigenvalue weighted by Crippen LogP contribution is -2.36. The maximum atomic E-state index is 12.8. The van der Waals surface area contributed by atoms with Crippen LogP contribution in [0.1, 0.15) is 11.1 Å². The normalized spacial score (nSPS) is 14.6. The van der Waals surface area contributed by atoms with Crippen molar-refractivity contribution in [2.24, 2.45) is 0 Å². The molecule has 0 radical (unpaired) electrons. The molecule has 1 N–H and O–H groups in total. The molecule has 0 spiro atoms. The fourth-order valence-electron chi connectivity index (χ4n) is 2.95. The summed E-state index contributed by atoms with van der Waals surface area (Å²) in [4.78, 5) is 38.7. The third kappa shape index (κ3) is 5.35. The molecular weight excluding hydrogens is 416 g/mol. The molecule has 1 fully saturated rings. The Morgan fingerprint density at radius 3 is 2.71 bits per heavy atom. The minimum atomic E-state index is -0.535. The van der Waals surface area contributed by atoms with Gasteiger partial charge in [-0.15, -0.1) is 0 Å². The molecule has 8 heteroatoms. The largest absolute Gasteiger partial charge is 0.493 e. The number of carbonyl (C=O) groups is 3. The Kier molecular flexibility index (Phi) is 7.15. The van der Waals surface area contributed by atoms with Gasteiger partial charge in [0.25, 0.3) is 11.1 Å². The zero-order valence-corrected chi connectivity index (χ0v) is 18.0. The summed E-state index contributed by atoms with van der Waals surface area (Å²) in [6.07, 6.45) is 3.15. The smallest absolute Gasteiger partial charge is 0.294 e. The number of nitrogens with one attached hydrogen (secondary N) is 1. The molecule has 31 heavy (non-hydrogen) atoms. The zero-order chi connectivity index (χ0) is 22.4. The van der Waals surface area contributed by atoms with Gasteiger partial charge in [0, 0.05) is 11.3 Å². The maximum Gasteiger partial charge on any atom is 0.294 e. The number of thioether (sulfide) groups is 1. The number of aryl methyl sites for hydroxylation is 1. The number of imide groups is 1. The van der Waals surface area contributed by atoms with Crippen molar-refractivity contribution in [3.63, 3.8) is 0 Å². The predicted molar refractivity (Wildman–Crippen MR) is 121 cm³/mol. The van der Waals surface area contributed by atoms with E-state index in [0.29, 0.717) is 22.7 Å². The van der Waals surface area contributed by atoms with Crippen molar-refractivity contribution in [1.82, 2.24) is 4.90 Å². The van der Waals surface area contributed by atoms with Gasteiger partial charge in [-0.1, -0.05) is 36.9 Å². The number of hydrogen-bond acceptors (Lipinski definition) is 6. The zero-order valence-electron chi connectivity index (χ0n) is 17.2. The number of ether oxygens (including phenoxy) is 2. The van der Waals surface area contributed by atoms with Crippen LogP contribution >= 0.6 is 11.8 Å². The number of para-hydroxylation sites is 1. The van der Waals surface area contributed by atoms with Crippen LogP contribution in [0.2, 0.25) is 0 Å². The number of hydrogen-bond donors (Lipinski definition) is 1. The molecule has 2 aromatic rings. The predicted octanol–water partition coefficient (Wildman–Crippen LogP) is 4.24. The van der Waals surface area contributed by atoms with Crippen molar-refractivity contribution < 1.29 is 23.9 Å². The summed E-state index contributed by atoms with van der Waals surface area (Å²) < 4.78 is 11.0. The molecule has 0 aromatic heterocycles. The van der Waals surface area contributed by atoms with Gasteiger partial charge in [-0.25, -0.2) is 0 Å². The van der Waals surface area contributed by atoms with E-state index in [-0.39, 0.29) is 18.1 Å².